The molecule has 0 aliphatic carbocycles. The molecule has 1 amide bonds. The number of hydrogen-bond acceptors (Lipinski definition) is 4. The number of carbonyl (C=O) groups excluding carboxylic acids is 1. The standard InChI is InChI=1S/C17H23N5O/c1-2-10-21-11-7-14(8-12-21)17(23)19-15-5-3-4-6-16(15)22-13-9-18-20-22/h3-6,9,13-14H,2,7-8,10-12H2,1H3,(H,19,23). The van der Waals surface area contributed by atoms with Crippen LogP contribution in [0.25, 0.3) is 5.69 Å². The minimum absolute atomic E-state index is 0.0897. The SMILES string of the molecule is CCCN1CCC(C(=O)Nc2ccccc2-n2ccnn2)CC1. The van der Waals surface area contributed by atoms with Crippen molar-refractivity contribution in [1.82, 2.24) is 19.9 Å². The Labute approximate surface area is 136 Å². The van der Waals surface area contributed by atoms with Crippen LogP contribution in [0, 0.1) is 5.92 Å². The molecule has 0 spiro atoms. The lowest BCUT2D eigenvalue weighted by atomic mass is 9.95. The minimum Gasteiger partial charge on any atom is -0.324 e. The van der Waals surface area contributed by atoms with E-state index in [0.29, 0.717) is 0 Å². The van der Waals surface area contributed by atoms with Crippen molar-refractivity contribution in [3.8, 4) is 5.69 Å². The van der Waals surface area contributed by atoms with Crippen molar-refractivity contribution in [2.75, 3.05) is 25.0 Å². The Hall–Kier alpha value is -2.21. The lowest BCUT2D eigenvalue weighted by Gasteiger charge is -2.31. The van der Waals surface area contributed by atoms with Crippen molar-refractivity contribution in [3.63, 3.8) is 0 Å². The number of aromatic nitrogens is 3. The number of piperidine rings is 1. The number of nitrogens with one attached hydrogen (secondary N) is 1. The summed E-state index contributed by atoms with van der Waals surface area (Å²) < 4.78 is 1.67. The molecule has 0 bridgehead atoms. The molecule has 6 nitrogen and oxygen atoms in total. The first-order valence-corrected chi connectivity index (χ1v) is 8.27. The number of anilines is 1. The first-order valence-electron chi connectivity index (χ1n) is 8.27. The quantitative estimate of drug-likeness (QED) is 0.920. The summed E-state index contributed by atoms with van der Waals surface area (Å²) in [5.41, 5.74) is 1.61. The molecule has 0 saturated carbocycles. The van der Waals surface area contributed by atoms with Gasteiger partial charge in [-0.1, -0.05) is 24.3 Å². The molecule has 0 unspecified atom stereocenters. The molecule has 122 valence electrons. The largest absolute Gasteiger partial charge is 0.324 e. The van der Waals surface area contributed by atoms with Gasteiger partial charge < -0.3 is 10.2 Å². The van der Waals surface area contributed by atoms with Crippen molar-refractivity contribution in [3.05, 3.63) is 36.7 Å². The molecule has 3 rings (SSSR count). The number of nitrogens with zero attached hydrogens (tertiary/aromatic N) is 4. The molecule has 1 N–H and O–H groups in total. The van der Waals surface area contributed by atoms with Crippen LogP contribution in [-0.4, -0.2) is 45.4 Å². The Kier molecular flexibility index (Phi) is 5.02. The van der Waals surface area contributed by atoms with E-state index in [-0.39, 0.29) is 11.8 Å². The Morgan fingerprint density at radius 1 is 1.30 bits per heavy atom. The average molecular weight is 313 g/mol. The second-order valence-electron chi connectivity index (χ2n) is 5.97. The number of likely N-dealkylation sites (tertiary alicyclic amines) is 1. The Balaban J connectivity index is 1.65. The summed E-state index contributed by atoms with van der Waals surface area (Å²) in [6.07, 6.45) is 6.42. The fourth-order valence-electron chi connectivity index (χ4n) is 3.09. The van der Waals surface area contributed by atoms with Gasteiger partial charge in [-0.3, -0.25) is 4.79 Å². The molecule has 1 aromatic carbocycles. The number of amides is 1. The van der Waals surface area contributed by atoms with E-state index in [0.717, 1.165) is 43.9 Å². The molecule has 1 aliphatic rings. The number of carbonyl (C=O) groups is 1. The molecule has 1 aliphatic heterocycles. The van der Waals surface area contributed by atoms with E-state index in [9.17, 15) is 4.79 Å². The van der Waals surface area contributed by atoms with E-state index in [1.165, 1.54) is 6.42 Å². The van der Waals surface area contributed by atoms with E-state index in [1.807, 2.05) is 24.3 Å². The normalized spacial score (nSPS) is 16.4. The Morgan fingerprint density at radius 3 is 2.78 bits per heavy atom. The molecule has 0 radical (unpaired) electrons. The summed E-state index contributed by atoms with van der Waals surface area (Å²) in [7, 11) is 0. The van der Waals surface area contributed by atoms with Gasteiger partial charge in [-0.15, -0.1) is 5.10 Å². The Morgan fingerprint density at radius 2 is 2.09 bits per heavy atom. The monoisotopic (exact) mass is 313 g/mol. The van der Waals surface area contributed by atoms with Gasteiger partial charge >= 0.3 is 0 Å². The maximum Gasteiger partial charge on any atom is 0.227 e. The fraction of sp³-hybridized carbons (Fsp3) is 0.471. The van der Waals surface area contributed by atoms with E-state index in [1.54, 1.807) is 17.1 Å². The molecule has 23 heavy (non-hydrogen) atoms. The summed E-state index contributed by atoms with van der Waals surface area (Å²) in [5.74, 6) is 0.195. The second-order valence-corrected chi connectivity index (χ2v) is 5.97. The van der Waals surface area contributed by atoms with Gasteiger partial charge in [-0.05, 0) is 51.0 Å². The lowest BCUT2D eigenvalue weighted by molar-refractivity contribution is -0.121. The Bertz CT molecular complexity index is 632. The summed E-state index contributed by atoms with van der Waals surface area (Å²) in [6, 6.07) is 7.67. The van der Waals surface area contributed by atoms with Gasteiger partial charge in [0.15, 0.2) is 0 Å². The third kappa shape index (κ3) is 3.76. The van der Waals surface area contributed by atoms with Crippen molar-refractivity contribution < 1.29 is 4.79 Å². The first-order chi connectivity index (χ1) is 11.3. The van der Waals surface area contributed by atoms with Crippen LogP contribution in [0.4, 0.5) is 5.69 Å². The van der Waals surface area contributed by atoms with E-state index >= 15 is 0 Å². The van der Waals surface area contributed by atoms with E-state index in [2.05, 4.69) is 27.5 Å². The lowest BCUT2D eigenvalue weighted by Crippen LogP contribution is -2.38. The molecular weight excluding hydrogens is 290 g/mol. The van der Waals surface area contributed by atoms with Crippen molar-refractivity contribution >= 4 is 11.6 Å². The third-order valence-corrected chi connectivity index (χ3v) is 4.33. The molecule has 0 atom stereocenters. The van der Waals surface area contributed by atoms with Crippen molar-refractivity contribution in [1.29, 1.82) is 0 Å². The van der Waals surface area contributed by atoms with Gasteiger partial charge in [0.1, 0.15) is 0 Å². The zero-order chi connectivity index (χ0) is 16.1. The van der Waals surface area contributed by atoms with E-state index in [4.69, 9.17) is 0 Å². The smallest absolute Gasteiger partial charge is 0.227 e. The average Bonchev–Trinajstić information content (AvgIpc) is 3.10. The molecule has 2 aromatic rings. The van der Waals surface area contributed by atoms with Crippen LogP contribution >= 0.6 is 0 Å². The molecule has 2 heterocycles. The maximum absolute atomic E-state index is 12.6. The van der Waals surface area contributed by atoms with Gasteiger partial charge in [0.05, 0.1) is 23.8 Å². The summed E-state index contributed by atoms with van der Waals surface area (Å²) in [4.78, 5) is 15.0. The molecule has 1 saturated heterocycles. The summed E-state index contributed by atoms with van der Waals surface area (Å²) in [6.45, 7) is 5.34. The fourth-order valence-corrected chi connectivity index (χ4v) is 3.09. The van der Waals surface area contributed by atoms with Crippen LogP contribution in [0.15, 0.2) is 36.7 Å². The highest BCUT2D eigenvalue weighted by Gasteiger charge is 2.25. The van der Waals surface area contributed by atoms with Crippen LogP contribution in [0.5, 0.6) is 0 Å². The highest BCUT2D eigenvalue weighted by atomic mass is 16.1. The van der Waals surface area contributed by atoms with Crippen LogP contribution in [0.3, 0.4) is 0 Å². The number of para-hydroxylation sites is 2. The zero-order valence-electron chi connectivity index (χ0n) is 13.5. The number of hydrogen-bond donors (Lipinski definition) is 1. The first kappa shape index (κ1) is 15.7. The van der Waals surface area contributed by atoms with Gasteiger partial charge in [-0.25, -0.2) is 4.68 Å². The predicted molar refractivity (Wildman–Crippen MR) is 89.4 cm³/mol. The minimum atomic E-state index is 0.0897. The number of rotatable bonds is 5. The van der Waals surface area contributed by atoms with Crippen LogP contribution in [-0.2, 0) is 4.79 Å². The predicted octanol–water partition coefficient (Wildman–Crippen LogP) is 2.33. The number of benzene rings is 1. The van der Waals surface area contributed by atoms with Crippen LogP contribution in [0.2, 0.25) is 0 Å². The maximum atomic E-state index is 12.6. The van der Waals surface area contributed by atoms with Crippen molar-refractivity contribution in [2.24, 2.45) is 5.92 Å². The highest BCUT2D eigenvalue weighted by molar-refractivity contribution is 5.94. The third-order valence-electron chi connectivity index (χ3n) is 4.33. The highest BCUT2D eigenvalue weighted by Crippen LogP contribution is 2.23. The summed E-state index contributed by atoms with van der Waals surface area (Å²) in [5, 5.41) is 10.9. The van der Waals surface area contributed by atoms with Gasteiger partial charge in [0.25, 0.3) is 0 Å². The van der Waals surface area contributed by atoms with Crippen LogP contribution < -0.4 is 5.32 Å². The van der Waals surface area contributed by atoms with Gasteiger partial charge in [0.2, 0.25) is 5.91 Å². The molecule has 6 heteroatoms. The van der Waals surface area contributed by atoms with Crippen molar-refractivity contribution in [2.45, 2.75) is 26.2 Å². The van der Waals surface area contributed by atoms with Gasteiger partial charge in [-0.2, -0.15) is 0 Å². The van der Waals surface area contributed by atoms with E-state index < -0.39 is 0 Å². The van der Waals surface area contributed by atoms with Gasteiger partial charge in [0, 0.05) is 5.92 Å². The second kappa shape index (κ2) is 7.37. The molecule has 1 fully saturated rings. The summed E-state index contributed by atoms with van der Waals surface area (Å²) >= 11 is 0. The molecule has 1 aromatic heterocycles. The topological polar surface area (TPSA) is 63.1 Å². The van der Waals surface area contributed by atoms with Crippen LogP contribution in [0.1, 0.15) is 26.2 Å². The zero-order valence-corrected chi connectivity index (χ0v) is 13.5. The molecular formula is C17H23N5O.